The number of hydrogen-bond acceptors (Lipinski definition) is 14. The number of carbonyl (C=O) groups is 5. The minimum absolute atomic E-state index is 0.000720. The van der Waals surface area contributed by atoms with Gasteiger partial charge in [0.15, 0.2) is 5.67 Å². The quantitative estimate of drug-likeness (QED) is 0.0678. The van der Waals surface area contributed by atoms with Gasteiger partial charge in [0, 0.05) is 56.1 Å². The summed E-state index contributed by atoms with van der Waals surface area (Å²) < 4.78 is 21.3. The van der Waals surface area contributed by atoms with Gasteiger partial charge in [-0.3, -0.25) is 24.0 Å². The van der Waals surface area contributed by atoms with Crippen molar-refractivity contribution in [2.45, 2.75) is 133 Å². The summed E-state index contributed by atoms with van der Waals surface area (Å²) in [7, 11) is 0. The summed E-state index contributed by atoms with van der Waals surface area (Å²) in [5.41, 5.74) is 6.84. The molecule has 2 aromatic heterocycles. The molecule has 0 radical (unpaired) electrons. The standard InChI is InChI=1S/C54H68ClFN10O7S2/c1-32-44(74-31-61-32)34-9-10-35(25-60-46(68)38-24-36(67)28-66(38)47(69)45(51(2,3)4)63-49(71)54(56)15-16-54)39(23-34)73-29-33-11-19-65(20-12-33)50(72)53(13-14-53)48(70)62-37-7-6-8-40(43(37)55)75-42-27-58-41(26-59-42)64-21-17-52(5,30-57)18-22-64/h6-10,23,26-27,31,33,36,38,45,67H,11-22,24-25,28-30,57H2,1-5H3,(H,60,68)(H,62,70)(H,63,71)/t36?,38?,45-/m1/s1. The molecule has 3 atom stereocenters. The van der Waals surface area contributed by atoms with Crippen molar-refractivity contribution < 1.29 is 38.2 Å². The largest absolute Gasteiger partial charge is 0.493 e. The third-order valence-electron chi connectivity index (χ3n) is 15.7. The molecule has 17 nitrogen and oxygen atoms in total. The van der Waals surface area contributed by atoms with Crippen molar-refractivity contribution in [3.8, 4) is 16.2 Å². The maximum Gasteiger partial charge on any atom is 0.258 e. The van der Waals surface area contributed by atoms with Crippen molar-refractivity contribution in [1.29, 1.82) is 0 Å². The number of ether oxygens (including phenoxy) is 1. The number of carbonyl (C=O) groups excluding carboxylic acids is 5. The van der Waals surface area contributed by atoms with Crippen LogP contribution in [0.25, 0.3) is 10.4 Å². The van der Waals surface area contributed by atoms with Crippen LogP contribution >= 0.6 is 34.7 Å². The van der Waals surface area contributed by atoms with Crippen molar-refractivity contribution in [3.05, 3.63) is 70.6 Å². The Bertz CT molecular complexity index is 2790. The maximum absolute atomic E-state index is 14.7. The topological polar surface area (TPSA) is 225 Å². The number of aryl methyl sites for hydroxylation is 1. The van der Waals surface area contributed by atoms with Crippen LogP contribution in [0.2, 0.25) is 5.02 Å². The van der Waals surface area contributed by atoms with Gasteiger partial charge in [0.05, 0.1) is 51.9 Å². The van der Waals surface area contributed by atoms with E-state index in [0.717, 1.165) is 47.9 Å². The number of nitrogens with one attached hydrogen (secondary N) is 3. The average Bonchev–Trinajstić information content (AvgIpc) is 4.29. The highest BCUT2D eigenvalue weighted by Gasteiger charge is 2.58. The van der Waals surface area contributed by atoms with Gasteiger partial charge in [0.25, 0.3) is 5.91 Å². The Labute approximate surface area is 450 Å². The lowest BCUT2D eigenvalue weighted by molar-refractivity contribution is -0.145. The number of aliphatic hydroxyl groups excluding tert-OH is 1. The van der Waals surface area contributed by atoms with Crippen LogP contribution in [0.5, 0.6) is 5.75 Å². The maximum atomic E-state index is 14.7. The van der Waals surface area contributed by atoms with E-state index in [-0.39, 0.29) is 55.5 Å². The molecule has 5 aliphatic rings. The number of anilines is 2. The Morgan fingerprint density at radius 3 is 2.35 bits per heavy atom. The normalized spacial score (nSPS) is 21.3. The summed E-state index contributed by atoms with van der Waals surface area (Å²) in [6.45, 7) is 13.0. The highest BCUT2D eigenvalue weighted by molar-refractivity contribution is 7.99. The van der Waals surface area contributed by atoms with Crippen LogP contribution in [-0.2, 0) is 30.5 Å². The van der Waals surface area contributed by atoms with Gasteiger partial charge >= 0.3 is 0 Å². The van der Waals surface area contributed by atoms with E-state index in [4.69, 9.17) is 22.1 Å². The van der Waals surface area contributed by atoms with E-state index in [9.17, 15) is 33.5 Å². The number of aliphatic hydroxyl groups is 1. The first-order valence-electron chi connectivity index (χ1n) is 26.0. The molecular formula is C54H68ClFN10O7S2. The Morgan fingerprint density at radius 2 is 1.72 bits per heavy atom. The second-order valence-electron chi connectivity index (χ2n) is 22.5. The van der Waals surface area contributed by atoms with E-state index in [1.54, 1.807) is 49.6 Å². The molecule has 5 heterocycles. The number of piperidine rings is 2. The van der Waals surface area contributed by atoms with Gasteiger partial charge in [-0.2, -0.15) is 0 Å². The molecule has 5 fully saturated rings. The number of nitrogens with zero attached hydrogens (tertiary/aromatic N) is 6. The van der Waals surface area contributed by atoms with Gasteiger partial charge in [-0.05, 0) is 105 Å². The molecule has 3 saturated heterocycles. The zero-order valence-corrected chi connectivity index (χ0v) is 45.6. The number of likely N-dealkylation sites (tertiary alicyclic amines) is 2. The molecular weight excluding hydrogens is 1020 g/mol. The zero-order chi connectivity index (χ0) is 53.5. The minimum Gasteiger partial charge on any atom is -0.493 e. The predicted molar refractivity (Wildman–Crippen MR) is 286 cm³/mol. The molecule has 3 aliphatic heterocycles. The number of nitrogens with two attached hydrogens (primary N) is 1. The first-order chi connectivity index (χ1) is 35.7. The van der Waals surface area contributed by atoms with Gasteiger partial charge in [-0.15, -0.1) is 11.3 Å². The van der Waals surface area contributed by atoms with E-state index in [1.807, 2.05) is 37.3 Å². The molecule has 402 valence electrons. The molecule has 9 rings (SSSR count). The second kappa shape index (κ2) is 21.9. The predicted octanol–water partition coefficient (Wildman–Crippen LogP) is 6.93. The number of rotatable bonds is 17. The number of thiazole rings is 1. The van der Waals surface area contributed by atoms with Crippen molar-refractivity contribution in [2.24, 2.45) is 27.9 Å². The van der Waals surface area contributed by atoms with Crippen LogP contribution in [0.4, 0.5) is 15.9 Å². The molecule has 2 aromatic carbocycles. The van der Waals surface area contributed by atoms with Crippen LogP contribution < -0.4 is 31.3 Å². The molecule has 75 heavy (non-hydrogen) atoms. The van der Waals surface area contributed by atoms with Crippen LogP contribution in [0.3, 0.4) is 0 Å². The molecule has 21 heteroatoms. The molecule has 5 amide bonds. The molecule has 0 spiro atoms. The van der Waals surface area contributed by atoms with Crippen molar-refractivity contribution >= 4 is 75.7 Å². The lowest BCUT2D eigenvalue weighted by Crippen LogP contribution is -2.59. The van der Waals surface area contributed by atoms with Crippen LogP contribution in [0, 0.1) is 29.1 Å². The number of aromatic nitrogens is 3. The number of benzene rings is 2. The lowest BCUT2D eigenvalue weighted by Gasteiger charge is -2.39. The zero-order valence-electron chi connectivity index (χ0n) is 43.3. The monoisotopic (exact) mass is 1090 g/mol. The van der Waals surface area contributed by atoms with Crippen LogP contribution in [0.15, 0.2) is 64.2 Å². The number of hydrogen-bond donors (Lipinski definition) is 5. The van der Waals surface area contributed by atoms with E-state index < -0.39 is 52.4 Å². The molecule has 2 unspecified atom stereocenters. The Morgan fingerprint density at radius 1 is 0.987 bits per heavy atom. The van der Waals surface area contributed by atoms with Gasteiger partial charge in [0.2, 0.25) is 23.6 Å². The lowest BCUT2D eigenvalue weighted by atomic mass is 9.80. The summed E-state index contributed by atoms with van der Waals surface area (Å²) in [4.78, 5) is 89.5. The summed E-state index contributed by atoms with van der Waals surface area (Å²) >= 11 is 9.75. The second-order valence-corrected chi connectivity index (χ2v) is 24.8. The highest BCUT2D eigenvalue weighted by atomic mass is 35.5. The van der Waals surface area contributed by atoms with Gasteiger partial charge < -0.3 is 46.2 Å². The third kappa shape index (κ3) is 12.1. The van der Waals surface area contributed by atoms with E-state index >= 15 is 0 Å². The van der Waals surface area contributed by atoms with E-state index in [0.29, 0.717) is 83.9 Å². The number of halogens is 2. The fraction of sp³-hybridized carbons (Fsp3) is 0.556. The number of alkyl halides is 1. The molecule has 4 aromatic rings. The molecule has 0 bridgehead atoms. The smallest absolute Gasteiger partial charge is 0.258 e. The van der Waals surface area contributed by atoms with Crippen molar-refractivity contribution in [1.82, 2.24) is 35.4 Å². The third-order valence-corrected chi connectivity index (χ3v) is 18.2. The summed E-state index contributed by atoms with van der Waals surface area (Å²) in [5.74, 6) is -0.988. The van der Waals surface area contributed by atoms with E-state index in [2.05, 4.69) is 42.7 Å². The Balaban J connectivity index is 0.793. The average molecular weight is 1090 g/mol. The van der Waals surface area contributed by atoms with Gasteiger partial charge in [-0.1, -0.05) is 69.3 Å². The molecule has 2 saturated carbocycles. The number of amides is 5. The first-order valence-corrected chi connectivity index (χ1v) is 28.0. The van der Waals surface area contributed by atoms with Crippen molar-refractivity contribution in [2.75, 3.05) is 56.1 Å². The summed E-state index contributed by atoms with van der Waals surface area (Å²) in [5, 5.41) is 20.3. The van der Waals surface area contributed by atoms with Crippen molar-refractivity contribution in [3.63, 3.8) is 0 Å². The Hall–Kier alpha value is -5.41. The van der Waals surface area contributed by atoms with E-state index in [1.165, 1.54) is 28.0 Å². The fourth-order valence-electron chi connectivity index (χ4n) is 10.1. The highest BCUT2D eigenvalue weighted by Crippen LogP contribution is 2.49. The Kier molecular flexibility index (Phi) is 15.9. The molecule has 6 N–H and O–H groups in total. The SMILES string of the molecule is Cc1ncsc1-c1ccc(CNC(=O)C2CC(O)CN2C(=O)[C@@H](NC(=O)C2(F)CC2)C(C)(C)C)c(OCC2CCN(C(=O)C3(C(=O)Nc4cccc(Sc5cnc(N6CCC(C)(CN)CC6)cn5)c4Cl)CC3)CC2)c1. The molecule has 2 aliphatic carbocycles. The van der Waals surface area contributed by atoms with Crippen LogP contribution in [-0.4, -0.2) is 129 Å². The first kappa shape index (κ1) is 54.4. The fourth-order valence-corrected chi connectivity index (χ4v) is 12.0. The van der Waals surface area contributed by atoms with Crippen LogP contribution in [0.1, 0.15) is 96.7 Å². The summed E-state index contributed by atoms with van der Waals surface area (Å²) in [6, 6.07) is 9.02. The minimum atomic E-state index is -1.99. The summed E-state index contributed by atoms with van der Waals surface area (Å²) in [6.07, 6.45) is 6.91. The number of β-amino-alcohol motifs (C(OH)–C–C–N with tert-alkyl or cyclic N) is 1. The van der Waals surface area contributed by atoms with Gasteiger partial charge in [0.1, 0.15) is 34.1 Å². The van der Waals surface area contributed by atoms with Gasteiger partial charge in [-0.25, -0.2) is 19.3 Å².